The number of aromatic nitrogens is 4. The van der Waals surface area contributed by atoms with Gasteiger partial charge >= 0.3 is 0 Å². The van der Waals surface area contributed by atoms with Crippen molar-refractivity contribution in [1.29, 1.82) is 0 Å². The summed E-state index contributed by atoms with van der Waals surface area (Å²) >= 11 is 0. The van der Waals surface area contributed by atoms with Crippen molar-refractivity contribution in [1.82, 2.24) is 19.6 Å². The molecule has 0 N–H and O–H groups in total. The number of ether oxygens (including phenoxy) is 2. The number of nitrogens with zero attached hydrogens (tertiary/aromatic N) is 5. The van der Waals surface area contributed by atoms with Gasteiger partial charge in [0.15, 0.2) is 11.5 Å². The van der Waals surface area contributed by atoms with Crippen LogP contribution in [0.1, 0.15) is 11.3 Å². The van der Waals surface area contributed by atoms with Crippen LogP contribution in [-0.4, -0.2) is 40.8 Å². The third-order valence-corrected chi connectivity index (χ3v) is 3.62. The molecule has 0 saturated carbocycles. The number of methoxy groups -OCH3 is 2. The summed E-state index contributed by atoms with van der Waals surface area (Å²) in [5.41, 5.74) is 2.01. The van der Waals surface area contributed by atoms with Crippen LogP contribution in [0.2, 0.25) is 0 Å². The zero-order valence-corrected chi connectivity index (χ0v) is 13.6. The van der Waals surface area contributed by atoms with E-state index in [0.717, 1.165) is 28.6 Å². The van der Waals surface area contributed by atoms with Crippen LogP contribution < -0.4 is 14.4 Å². The summed E-state index contributed by atoms with van der Waals surface area (Å²) in [5.74, 6) is 2.96. The van der Waals surface area contributed by atoms with Crippen LogP contribution in [-0.2, 0) is 6.54 Å². The average molecular weight is 313 g/mol. The highest BCUT2D eigenvalue weighted by atomic mass is 16.5. The number of hydrogen-bond acceptors (Lipinski definition) is 6. The number of fused-ring (bicyclic) bond motifs is 1. The Morgan fingerprint density at radius 1 is 1.13 bits per heavy atom. The number of benzene rings is 1. The van der Waals surface area contributed by atoms with E-state index in [0.29, 0.717) is 12.3 Å². The van der Waals surface area contributed by atoms with Crippen molar-refractivity contribution in [2.75, 3.05) is 26.2 Å². The number of aryl methyl sites for hydroxylation is 1. The van der Waals surface area contributed by atoms with E-state index in [1.807, 2.05) is 38.2 Å². The highest BCUT2D eigenvalue weighted by Gasteiger charge is 2.12. The van der Waals surface area contributed by atoms with Gasteiger partial charge in [0.2, 0.25) is 0 Å². The molecule has 0 radical (unpaired) electrons. The van der Waals surface area contributed by atoms with Crippen LogP contribution in [0.4, 0.5) is 5.82 Å². The fraction of sp³-hybridized carbons (Fsp3) is 0.312. The van der Waals surface area contributed by atoms with Crippen LogP contribution in [0.15, 0.2) is 30.6 Å². The predicted octanol–water partition coefficient (Wildman–Crippen LogP) is 2.09. The summed E-state index contributed by atoms with van der Waals surface area (Å²) in [6, 6.07) is 7.89. The van der Waals surface area contributed by atoms with Crippen LogP contribution in [0.25, 0.3) is 5.78 Å². The van der Waals surface area contributed by atoms with Gasteiger partial charge < -0.3 is 14.4 Å². The van der Waals surface area contributed by atoms with Crippen LogP contribution in [0.5, 0.6) is 11.5 Å². The van der Waals surface area contributed by atoms with Crippen LogP contribution in [0, 0.1) is 6.92 Å². The van der Waals surface area contributed by atoms with Crippen molar-refractivity contribution in [3.8, 4) is 11.5 Å². The molecule has 0 fully saturated rings. The van der Waals surface area contributed by atoms with Gasteiger partial charge in [0, 0.05) is 25.4 Å². The zero-order chi connectivity index (χ0) is 16.4. The Balaban J connectivity index is 1.91. The third-order valence-electron chi connectivity index (χ3n) is 3.62. The lowest BCUT2D eigenvalue weighted by molar-refractivity contribution is 0.354. The Morgan fingerprint density at radius 2 is 1.91 bits per heavy atom. The number of rotatable bonds is 5. The molecule has 1 aromatic carbocycles. The lowest BCUT2D eigenvalue weighted by atomic mass is 10.2. The molecule has 0 aliphatic rings. The monoisotopic (exact) mass is 313 g/mol. The summed E-state index contributed by atoms with van der Waals surface area (Å²) in [7, 11) is 5.27. The van der Waals surface area contributed by atoms with Crippen molar-refractivity contribution in [2.45, 2.75) is 13.5 Å². The summed E-state index contributed by atoms with van der Waals surface area (Å²) in [6.07, 6.45) is 1.51. The van der Waals surface area contributed by atoms with Crippen molar-refractivity contribution >= 4 is 11.6 Å². The Kier molecular flexibility index (Phi) is 4.01. The first-order chi connectivity index (χ1) is 11.1. The van der Waals surface area contributed by atoms with E-state index in [4.69, 9.17) is 9.47 Å². The van der Waals surface area contributed by atoms with Gasteiger partial charge in [-0.2, -0.15) is 14.6 Å². The Hall–Kier alpha value is -2.83. The van der Waals surface area contributed by atoms with Gasteiger partial charge in [-0.15, -0.1) is 0 Å². The molecule has 2 heterocycles. The molecular formula is C16H19N5O2. The Bertz CT molecular complexity index is 830. The highest BCUT2D eigenvalue weighted by Crippen LogP contribution is 2.28. The van der Waals surface area contributed by atoms with Gasteiger partial charge in [-0.3, -0.25) is 0 Å². The third kappa shape index (κ3) is 2.90. The largest absolute Gasteiger partial charge is 0.493 e. The topological polar surface area (TPSA) is 64.8 Å². The van der Waals surface area contributed by atoms with E-state index in [1.165, 1.54) is 6.33 Å². The second-order valence-corrected chi connectivity index (χ2v) is 5.27. The van der Waals surface area contributed by atoms with Crippen LogP contribution >= 0.6 is 0 Å². The van der Waals surface area contributed by atoms with E-state index in [1.54, 1.807) is 18.7 Å². The second kappa shape index (κ2) is 6.12. The van der Waals surface area contributed by atoms with Gasteiger partial charge in [-0.05, 0) is 24.6 Å². The SMILES string of the molecule is COc1ccc(CN(C)c2cc(C)nc3ncnn23)cc1OC. The maximum absolute atomic E-state index is 5.36. The molecule has 23 heavy (non-hydrogen) atoms. The van der Waals surface area contributed by atoms with E-state index >= 15 is 0 Å². The fourth-order valence-electron chi connectivity index (χ4n) is 2.52. The average Bonchev–Trinajstić information content (AvgIpc) is 3.01. The molecule has 0 amide bonds. The van der Waals surface area contributed by atoms with E-state index in [9.17, 15) is 0 Å². The molecule has 7 nitrogen and oxygen atoms in total. The summed E-state index contributed by atoms with van der Waals surface area (Å²) in [5, 5.41) is 4.24. The van der Waals surface area contributed by atoms with E-state index in [2.05, 4.69) is 20.0 Å². The molecular weight excluding hydrogens is 294 g/mol. The molecule has 0 bridgehead atoms. The molecule has 0 aliphatic heterocycles. The summed E-state index contributed by atoms with van der Waals surface area (Å²) < 4.78 is 12.4. The molecule has 7 heteroatoms. The molecule has 0 aliphatic carbocycles. The van der Waals surface area contributed by atoms with Gasteiger partial charge in [-0.25, -0.2) is 4.98 Å². The summed E-state index contributed by atoms with van der Waals surface area (Å²) in [6.45, 7) is 2.64. The second-order valence-electron chi connectivity index (χ2n) is 5.27. The van der Waals surface area contributed by atoms with Gasteiger partial charge in [-0.1, -0.05) is 6.07 Å². The molecule has 0 spiro atoms. The van der Waals surface area contributed by atoms with Crippen molar-refractivity contribution in [2.24, 2.45) is 0 Å². The van der Waals surface area contributed by atoms with E-state index < -0.39 is 0 Å². The molecule has 120 valence electrons. The minimum atomic E-state index is 0.596. The number of hydrogen-bond donors (Lipinski definition) is 0. The van der Waals surface area contributed by atoms with Gasteiger partial charge in [0.05, 0.1) is 14.2 Å². The Morgan fingerprint density at radius 3 is 2.65 bits per heavy atom. The molecule has 3 aromatic rings. The normalized spacial score (nSPS) is 10.8. The molecule has 0 atom stereocenters. The predicted molar refractivity (Wildman–Crippen MR) is 87.2 cm³/mol. The van der Waals surface area contributed by atoms with Crippen LogP contribution in [0.3, 0.4) is 0 Å². The van der Waals surface area contributed by atoms with Crippen molar-refractivity contribution in [3.63, 3.8) is 0 Å². The first-order valence-electron chi connectivity index (χ1n) is 7.22. The minimum Gasteiger partial charge on any atom is -0.493 e. The maximum Gasteiger partial charge on any atom is 0.254 e. The quantitative estimate of drug-likeness (QED) is 0.718. The minimum absolute atomic E-state index is 0.596. The first kappa shape index (κ1) is 15.1. The van der Waals surface area contributed by atoms with Crippen molar-refractivity contribution < 1.29 is 9.47 Å². The number of anilines is 1. The lowest BCUT2D eigenvalue weighted by Gasteiger charge is -2.20. The molecule has 0 unspecified atom stereocenters. The standard InChI is InChI=1S/C16H19N5O2/c1-11-7-15(21-16(19-11)17-10-18-21)20(2)9-12-5-6-13(22-3)14(8-12)23-4/h5-8,10H,9H2,1-4H3. The zero-order valence-electron chi connectivity index (χ0n) is 13.6. The molecule has 2 aromatic heterocycles. The molecule has 3 rings (SSSR count). The van der Waals surface area contributed by atoms with Gasteiger partial charge in [0.1, 0.15) is 12.1 Å². The van der Waals surface area contributed by atoms with Gasteiger partial charge in [0.25, 0.3) is 5.78 Å². The maximum atomic E-state index is 5.36. The Labute approximate surface area is 134 Å². The molecule has 0 saturated heterocycles. The first-order valence-corrected chi connectivity index (χ1v) is 7.22. The lowest BCUT2D eigenvalue weighted by Crippen LogP contribution is -2.20. The van der Waals surface area contributed by atoms with E-state index in [-0.39, 0.29) is 0 Å². The van der Waals surface area contributed by atoms with Crippen molar-refractivity contribution in [3.05, 3.63) is 41.9 Å². The fourth-order valence-corrected chi connectivity index (χ4v) is 2.52. The smallest absolute Gasteiger partial charge is 0.254 e. The highest BCUT2D eigenvalue weighted by molar-refractivity contribution is 5.48. The summed E-state index contributed by atoms with van der Waals surface area (Å²) in [4.78, 5) is 10.6.